The summed E-state index contributed by atoms with van der Waals surface area (Å²) in [5.74, 6) is 0.0980. The second-order valence-corrected chi connectivity index (χ2v) is 6.57. The molecule has 2 aromatic rings. The minimum absolute atomic E-state index is 0.0980. The van der Waals surface area contributed by atoms with Gasteiger partial charge in [0.2, 0.25) is 5.91 Å². The molecule has 0 radical (unpaired) electrons. The molecule has 1 aliphatic rings. The second kappa shape index (κ2) is 6.02. The lowest BCUT2D eigenvalue weighted by Crippen LogP contribution is -2.51. The third-order valence-electron chi connectivity index (χ3n) is 4.19. The Hall–Kier alpha value is -1.61. The summed E-state index contributed by atoms with van der Waals surface area (Å²) < 4.78 is 1.03. The van der Waals surface area contributed by atoms with Crippen molar-refractivity contribution in [3.8, 4) is 0 Å². The molecule has 1 amide bonds. The Labute approximate surface area is 133 Å². The van der Waals surface area contributed by atoms with Gasteiger partial charge in [-0.2, -0.15) is 0 Å². The van der Waals surface area contributed by atoms with Gasteiger partial charge >= 0.3 is 0 Å². The Morgan fingerprint density at radius 1 is 1.05 bits per heavy atom. The maximum absolute atomic E-state index is 12.4. The number of amides is 1. The van der Waals surface area contributed by atoms with Crippen LogP contribution in [0.25, 0.3) is 0 Å². The van der Waals surface area contributed by atoms with Gasteiger partial charge in [-0.15, -0.1) is 0 Å². The van der Waals surface area contributed by atoms with Crippen LogP contribution in [0.5, 0.6) is 0 Å². The highest BCUT2D eigenvalue weighted by molar-refractivity contribution is 9.10. The largest absolute Gasteiger partial charge is 0.346 e. The van der Waals surface area contributed by atoms with Crippen LogP contribution in [-0.4, -0.2) is 5.91 Å². The average Bonchev–Trinajstić information content (AvgIpc) is 2.46. The molecule has 0 aromatic heterocycles. The van der Waals surface area contributed by atoms with E-state index in [1.54, 1.807) is 0 Å². The van der Waals surface area contributed by atoms with Crippen molar-refractivity contribution in [1.29, 1.82) is 0 Å². The average molecular weight is 344 g/mol. The van der Waals surface area contributed by atoms with E-state index in [0.717, 1.165) is 22.9 Å². The summed E-state index contributed by atoms with van der Waals surface area (Å²) >= 11 is 3.41. The molecule has 108 valence electrons. The van der Waals surface area contributed by atoms with Gasteiger partial charge in [0.25, 0.3) is 0 Å². The molecule has 0 unspecified atom stereocenters. The van der Waals surface area contributed by atoms with Crippen molar-refractivity contribution < 1.29 is 4.79 Å². The second-order valence-electron chi connectivity index (χ2n) is 5.65. The molecule has 2 nitrogen and oxygen atoms in total. The number of carbonyl (C=O) groups is 1. The predicted molar refractivity (Wildman–Crippen MR) is 88.0 cm³/mol. The molecule has 0 saturated heterocycles. The topological polar surface area (TPSA) is 29.1 Å². The Morgan fingerprint density at radius 2 is 1.71 bits per heavy atom. The Kier molecular flexibility index (Phi) is 4.11. The minimum atomic E-state index is -0.145. The molecule has 3 rings (SSSR count). The molecule has 0 spiro atoms. The lowest BCUT2D eigenvalue weighted by atomic mass is 9.71. The molecule has 2 aromatic carbocycles. The molecule has 0 bridgehead atoms. The van der Waals surface area contributed by atoms with Crippen LogP contribution in [0.1, 0.15) is 30.4 Å². The van der Waals surface area contributed by atoms with Crippen molar-refractivity contribution in [3.05, 3.63) is 70.2 Å². The van der Waals surface area contributed by atoms with Crippen molar-refractivity contribution >= 4 is 21.8 Å². The first-order valence-corrected chi connectivity index (χ1v) is 8.08. The third kappa shape index (κ3) is 3.18. The molecule has 21 heavy (non-hydrogen) atoms. The SMILES string of the molecule is O=C(Cc1ccc(Br)cc1)NC1(c2ccccc2)CCC1. The zero-order valence-electron chi connectivity index (χ0n) is 11.8. The standard InChI is InChI=1S/C18H18BrNO/c19-16-9-7-14(8-10-16)13-17(21)20-18(11-4-12-18)15-5-2-1-3-6-15/h1-3,5-10H,4,11-13H2,(H,20,21). The van der Waals surface area contributed by atoms with Gasteiger partial charge < -0.3 is 5.32 Å². The van der Waals surface area contributed by atoms with Gasteiger partial charge in [0.05, 0.1) is 12.0 Å². The molecule has 1 N–H and O–H groups in total. The Bertz CT molecular complexity index is 617. The first-order valence-electron chi connectivity index (χ1n) is 7.29. The summed E-state index contributed by atoms with van der Waals surface area (Å²) in [6, 6.07) is 18.2. The number of carbonyl (C=O) groups excluding carboxylic acids is 1. The normalized spacial score (nSPS) is 16.0. The molecule has 1 aliphatic carbocycles. The summed E-state index contributed by atoms with van der Waals surface area (Å²) in [6.07, 6.45) is 3.67. The van der Waals surface area contributed by atoms with Crippen LogP contribution in [0.3, 0.4) is 0 Å². The monoisotopic (exact) mass is 343 g/mol. The smallest absolute Gasteiger partial charge is 0.225 e. The van der Waals surface area contributed by atoms with Crippen LogP contribution >= 0.6 is 15.9 Å². The molecular weight excluding hydrogens is 326 g/mol. The lowest BCUT2D eigenvalue weighted by molar-refractivity contribution is -0.123. The predicted octanol–water partition coefficient (Wildman–Crippen LogP) is 4.19. The highest BCUT2D eigenvalue weighted by Gasteiger charge is 2.39. The van der Waals surface area contributed by atoms with E-state index in [1.165, 1.54) is 12.0 Å². The summed E-state index contributed by atoms with van der Waals surface area (Å²) in [7, 11) is 0. The summed E-state index contributed by atoms with van der Waals surface area (Å²) in [4.78, 5) is 12.4. The van der Waals surface area contributed by atoms with Crippen molar-refractivity contribution in [2.45, 2.75) is 31.2 Å². The molecule has 1 fully saturated rings. The van der Waals surface area contributed by atoms with Gasteiger partial charge in [0.15, 0.2) is 0 Å². The lowest BCUT2D eigenvalue weighted by Gasteiger charge is -2.43. The zero-order valence-corrected chi connectivity index (χ0v) is 13.4. The van der Waals surface area contributed by atoms with Crippen LogP contribution in [0.15, 0.2) is 59.1 Å². The fourth-order valence-corrected chi connectivity index (χ4v) is 3.14. The van der Waals surface area contributed by atoms with Gasteiger partial charge in [-0.3, -0.25) is 4.79 Å². The first kappa shape index (κ1) is 14.3. The summed E-state index contributed by atoms with van der Waals surface area (Å²) in [6.45, 7) is 0. The van der Waals surface area contributed by atoms with Gasteiger partial charge in [-0.05, 0) is 42.5 Å². The molecule has 0 atom stereocenters. The molecular formula is C18H18BrNO. The van der Waals surface area contributed by atoms with Gasteiger partial charge in [-0.1, -0.05) is 58.4 Å². The van der Waals surface area contributed by atoms with Gasteiger partial charge in [-0.25, -0.2) is 0 Å². The number of hydrogen-bond donors (Lipinski definition) is 1. The van der Waals surface area contributed by atoms with Crippen molar-refractivity contribution in [2.24, 2.45) is 0 Å². The molecule has 3 heteroatoms. The van der Waals surface area contributed by atoms with Crippen molar-refractivity contribution in [1.82, 2.24) is 5.32 Å². The number of hydrogen-bond acceptors (Lipinski definition) is 1. The molecule has 0 aliphatic heterocycles. The van der Waals surface area contributed by atoms with E-state index in [0.29, 0.717) is 6.42 Å². The van der Waals surface area contributed by atoms with Crippen molar-refractivity contribution in [3.63, 3.8) is 0 Å². The van der Waals surface area contributed by atoms with E-state index in [-0.39, 0.29) is 11.4 Å². The van der Waals surface area contributed by atoms with Crippen LogP contribution in [0.4, 0.5) is 0 Å². The van der Waals surface area contributed by atoms with Crippen LogP contribution in [0.2, 0.25) is 0 Å². The van der Waals surface area contributed by atoms with Crippen LogP contribution in [-0.2, 0) is 16.8 Å². The fourth-order valence-electron chi connectivity index (χ4n) is 2.87. The number of nitrogens with one attached hydrogen (secondary N) is 1. The quantitative estimate of drug-likeness (QED) is 0.885. The Morgan fingerprint density at radius 3 is 2.29 bits per heavy atom. The van der Waals surface area contributed by atoms with Gasteiger partial charge in [0.1, 0.15) is 0 Å². The molecule has 0 heterocycles. The van der Waals surface area contributed by atoms with Crippen molar-refractivity contribution in [2.75, 3.05) is 0 Å². The van der Waals surface area contributed by atoms with E-state index in [2.05, 4.69) is 33.4 Å². The minimum Gasteiger partial charge on any atom is -0.346 e. The molecule has 1 saturated carbocycles. The van der Waals surface area contributed by atoms with E-state index < -0.39 is 0 Å². The number of halogens is 1. The fraction of sp³-hybridized carbons (Fsp3) is 0.278. The van der Waals surface area contributed by atoms with Crippen LogP contribution in [0, 0.1) is 0 Å². The Balaban J connectivity index is 1.70. The third-order valence-corrected chi connectivity index (χ3v) is 4.72. The van der Waals surface area contributed by atoms with E-state index >= 15 is 0 Å². The zero-order chi connectivity index (χ0) is 14.7. The highest BCUT2D eigenvalue weighted by Crippen LogP contribution is 2.41. The maximum atomic E-state index is 12.4. The van der Waals surface area contributed by atoms with E-state index in [4.69, 9.17) is 0 Å². The number of benzene rings is 2. The number of rotatable bonds is 4. The highest BCUT2D eigenvalue weighted by atomic mass is 79.9. The summed E-state index contributed by atoms with van der Waals surface area (Å²) in [5, 5.41) is 3.26. The first-order chi connectivity index (χ1) is 10.2. The van der Waals surface area contributed by atoms with E-state index in [1.807, 2.05) is 42.5 Å². The van der Waals surface area contributed by atoms with Crippen LogP contribution < -0.4 is 5.32 Å². The maximum Gasteiger partial charge on any atom is 0.225 e. The summed E-state index contributed by atoms with van der Waals surface area (Å²) in [5.41, 5.74) is 2.12. The van der Waals surface area contributed by atoms with E-state index in [9.17, 15) is 4.79 Å². The van der Waals surface area contributed by atoms with Gasteiger partial charge in [0, 0.05) is 4.47 Å².